The third-order valence-electron chi connectivity index (χ3n) is 6.14. The fourth-order valence-electron chi connectivity index (χ4n) is 4.63. The van der Waals surface area contributed by atoms with Crippen molar-refractivity contribution < 1.29 is 20.8 Å². The third-order valence-corrected chi connectivity index (χ3v) is 6.14. The molecule has 5 heteroatoms. The molecule has 152 valence electrons. The second kappa shape index (κ2) is 8.27. The van der Waals surface area contributed by atoms with Crippen molar-refractivity contribution in [1.29, 1.82) is 0 Å². The number of hydrogen-bond donors (Lipinski definition) is 1. The second-order valence-electron chi connectivity index (χ2n) is 7.89. The van der Waals surface area contributed by atoms with E-state index < -0.39 is 30.6 Å². The number of amides is 1. The minimum atomic E-state index is -1.16. The van der Waals surface area contributed by atoms with Gasteiger partial charge < -0.3 is 9.84 Å². The molecule has 0 heterocycles. The van der Waals surface area contributed by atoms with Gasteiger partial charge in [-0.05, 0) is 42.0 Å². The van der Waals surface area contributed by atoms with Crippen LogP contribution in [0.5, 0.6) is 0 Å². The molecule has 2 aromatic carbocycles. The van der Waals surface area contributed by atoms with Crippen molar-refractivity contribution in [3.8, 4) is 11.1 Å². The Balaban J connectivity index is 1.60. The zero-order valence-electron chi connectivity index (χ0n) is 17.6. The highest BCUT2D eigenvalue weighted by Gasteiger charge is 2.35. The van der Waals surface area contributed by atoms with Crippen LogP contribution in [-0.4, -0.2) is 40.7 Å². The van der Waals surface area contributed by atoms with E-state index in [0.29, 0.717) is 0 Å². The number of carbonyl (C=O) groups excluding carboxylic acids is 1. The van der Waals surface area contributed by atoms with Crippen LogP contribution in [0.2, 0.25) is 0 Å². The SMILES string of the molecule is [2H]C(OC(=O)N(C1CCCCC1)[C@@H](C)C(=O)O)C1c2ccccc2-c2ccccc21. The summed E-state index contributed by atoms with van der Waals surface area (Å²) in [5, 5.41) is 9.54. The molecule has 1 saturated carbocycles. The first-order valence-corrected chi connectivity index (χ1v) is 10.3. The predicted octanol–water partition coefficient (Wildman–Crippen LogP) is 5.04. The van der Waals surface area contributed by atoms with Crippen LogP contribution < -0.4 is 0 Å². The van der Waals surface area contributed by atoms with E-state index in [-0.39, 0.29) is 6.04 Å². The summed E-state index contributed by atoms with van der Waals surface area (Å²) in [4.78, 5) is 26.1. The quantitative estimate of drug-likeness (QED) is 0.771. The Morgan fingerprint density at radius 3 is 2.17 bits per heavy atom. The number of ether oxygens (including phenoxy) is 1. The average molecular weight is 394 g/mol. The molecule has 0 radical (unpaired) electrons. The molecule has 0 spiro atoms. The molecule has 0 bridgehead atoms. The second-order valence-corrected chi connectivity index (χ2v) is 7.89. The maximum absolute atomic E-state index is 13.1. The van der Waals surface area contributed by atoms with Crippen LogP contribution in [0.1, 0.15) is 57.4 Å². The van der Waals surface area contributed by atoms with Gasteiger partial charge in [0.2, 0.25) is 0 Å². The van der Waals surface area contributed by atoms with Gasteiger partial charge in [-0.3, -0.25) is 4.90 Å². The number of carboxylic acids is 1. The van der Waals surface area contributed by atoms with Crippen LogP contribution in [0.25, 0.3) is 11.1 Å². The van der Waals surface area contributed by atoms with Gasteiger partial charge in [0.15, 0.2) is 0 Å². The molecule has 1 amide bonds. The minimum absolute atomic E-state index is 0.160. The molecule has 0 aromatic heterocycles. The molecule has 2 aliphatic rings. The molecule has 0 saturated heterocycles. The molecule has 1 unspecified atom stereocenters. The van der Waals surface area contributed by atoms with E-state index in [1.165, 1.54) is 11.8 Å². The van der Waals surface area contributed by atoms with E-state index in [4.69, 9.17) is 6.11 Å². The summed E-state index contributed by atoms with van der Waals surface area (Å²) in [6.07, 6.45) is 3.86. The Morgan fingerprint density at radius 2 is 1.62 bits per heavy atom. The fourth-order valence-corrected chi connectivity index (χ4v) is 4.63. The monoisotopic (exact) mass is 394 g/mol. The van der Waals surface area contributed by atoms with Crippen LogP contribution in [0.4, 0.5) is 4.79 Å². The molecule has 0 aliphatic heterocycles. The van der Waals surface area contributed by atoms with Crippen LogP contribution in [0.15, 0.2) is 48.5 Å². The summed E-state index contributed by atoms with van der Waals surface area (Å²) in [6.45, 7) is 0.353. The molecular weight excluding hydrogens is 366 g/mol. The Bertz CT molecular complexity index is 895. The molecular formula is C24H27NO4. The van der Waals surface area contributed by atoms with Crippen molar-refractivity contribution in [3.05, 3.63) is 59.7 Å². The lowest BCUT2D eigenvalue weighted by Crippen LogP contribution is -2.50. The van der Waals surface area contributed by atoms with Crippen molar-refractivity contribution >= 4 is 12.1 Å². The number of aliphatic carboxylic acids is 1. The topological polar surface area (TPSA) is 66.8 Å². The average Bonchev–Trinajstić information content (AvgIpc) is 3.09. The molecule has 5 nitrogen and oxygen atoms in total. The van der Waals surface area contributed by atoms with Gasteiger partial charge >= 0.3 is 12.1 Å². The van der Waals surface area contributed by atoms with Gasteiger partial charge in [0.25, 0.3) is 0 Å². The molecule has 1 fully saturated rings. The van der Waals surface area contributed by atoms with E-state index in [0.717, 1.165) is 54.4 Å². The normalized spacial score (nSPS) is 18.9. The number of rotatable bonds is 5. The largest absolute Gasteiger partial charge is 0.480 e. The van der Waals surface area contributed by atoms with E-state index in [1.54, 1.807) is 0 Å². The molecule has 2 atom stereocenters. The Kier molecular flexibility index (Phi) is 5.20. The molecule has 29 heavy (non-hydrogen) atoms. The van der Waals surface area contributed by atoms with E-state index in [9.17, 15) is 14.7 Å². The zero-order valence-corrected chi connectivity index (χ0v) is 16.6. The number of hydrogen-bond acceptors (Lipinski definition) is 3. The number of fused-ring (bicyclic) bond motifs is 3. The molecule has 4 rings (SSSR count). The van der Waals surface area contributed by atoms with Crippen LogP contribution in [-0.2, 0) is 9.53 Å². The third kappa shape index (κ3) is 3.74. The van der Waals surface area contributed by atoms with Gasteiger partial charge in [-0.25, -0.2) is 9.59 Å². The highest BCUT2D eigenvalue weighted by molar-refractivity contribution is 5.81. The minimum Gasteiger partial charge on any atom is -0.480 e. The number of benzene rings is 2. The lowest BCUT2D eigenvalue weighted by molar-refractivity contribution is -0.143. The Labute approximate surface area is 172 Å². The van der Waals surface area contributed by atoms with Gasteiger partial charge in [-0.1, -0.05) is 67.8 Å². The highest BCUT2D eigenvalue weighted by atomic mass is 16.6. The molecule has 2 aliphatic carbocycles. The lowest BCUT2D eigenvalue weighted by Gasteiger charge is -2.36. The van der Waals surface area contributed by atoms with Crippen LogP contribution in [0.3, 0.4) is 0 Å². The van der Waals surface area contributed by atoms with Crippen molar-refractivity contribution in [2.24, 2.45) is 0 Å². The summed E-state index contributed by atoms with van der Waals surface area (Å²) in [5.74, 6) is -1.45. The maximum atomic E-state index is 13.1. The summed E-state index contributed by atoms with van der Waals surface area (Å²) < 4.78 is 14.3. The fraction of sp³-hybridized carbons (Fsp3) is 0.417. The van der Waals surface area contributed by atoms with Gasteiger partial charge in [0.05, 0.1) is 1.37 Å². The maximum Gasteiger partial charge on any atom is 0.410 e. The Morgan fingerprint density at radius 1 is 1.07 bits per heavy atom. The standard InChI is InChI=1S/C24H27NO4/c1-16(23(26)27)25(17-9-3-2-4-10-17)24(28)29-15-22-20-13-7-5-11-18(20)19-12-6-8-14-21(19)22/h5-8,11-14,16-17,22H,2-4,9-10,15H2,1H3,(H,26,27)/t16-/m0/s1/i15D/t15?,16-. The van der Waals surface area contributed by atoms with Gasteiger partial charge in [0, 0.05) is 12.0 Å². The van der Waals surface area contributed by atoms with Gasteiger partial charge in [-0.2, -0.15) is 0 Å². The number of carboxylic acid groups (broad SMARTS) is 1. The van der Waals surface area contributed by atoms with E-state index in [1.807, 2.05) is 48.5 Å². The first kappa shape index (κ1) is 18.2. The van der Waals surface area contributed by atoms with Gasteiger partial charge in [0.1, 0.15) is 12.6 Å². The van der Waals surface area contributed by atoms with Crippen LogP contribution in [0, 0.1) is 0 Å². The predicted molar refractivity (Wildman–Crippen MR) is 111 cm³/mol. The van der Waals surface area contributed by atoms with E-state index >= 15 is 0 Å². The number of nitrogens with zero attached hydrogens (tertiary/aromatic N) is 1. The molecule has 1 N–H and O–H groups in total. The van der Waals surface area contributed by atoms with Gasteiger partial charge in [-0.15, -0.1) is 0 Å². The lowest BCUT2D eigenvalue weighted by atomic mass is 9.93. The summed E-state index contributed by atoms with van der Waals surface area (Å²) >= 11 is 0. The van der Waals surface area contributed by atoms with Crippen molar-refractivity contribution in [1.82, 2.24) is 4.90 Å². The smallest absolute Gasteiger partial charge is 0.410 e. The van der Waals surface area contributed by atoms with Crippen molar-refractivity contribution in [3.63, 3.8) is 0 Å². The van der Waals surface area contributed by atoms with E-state index in [2.05, 4.69) is 0 Å². The Hall–Kier alpha value is -2.82. The summed E-state index contributed by atoms with van der Waals surface area (Å²) in [6, 6.07) is 14.6. The highest BCUT2D eigenvalue weighted by Crippen LogP contribution is 2.44. The van der Waals surface area contributed by atoms with Crippen molar-refractivity contribution in [2.75, 3.05) is 6.58 Å². The first-order valence-electron chi connectivity index (χ1n) is 10.9. The summed E-state index contributed by atoms with van der Waals surface area (Å²) in [7, 11) is 0. The molecule has 2 aromatic rings. The number of carbonyl (C=O) groups is 2. The summed E-state index contributed by atoms with van der Waals surface area (Å²) in [5.41, 5.74) is 4.02. The van der Waals surface area contributed by atoms with Crippen LogP contribution >= 0.6 is 0 Å². The van der Waals surface area contributed by atoms with Crippen molar-refractivity contribution in [2.45, 2.75) is 57.0 Å². The zero-order chi connectivity index (χ0) is 21.3. The first-order chi connectivity index (χ1) is 14.5.